The van der Waals surface area contributed by atoms with E-state index >= 15 is 0 Å². The summed E-state index contributed by atoms with van der Waals surface area (Å²) in [5.41, 5.74) is 0.938. The van der Waals surface area contributed by atoms with Gasteiger partial charge >= 0.3 is 5.97 Å². The van der Waals surface area contributed by atoms with Crippen LogP contribution in [0.5, 0.6) is 0 Å². The fraction of sp³-hybridized carbons (Fsp3) is 0.704. The third-order valence-electron chi connectivity index (χ3n) is 5.40. The van der Waals surface area contributed by atoms with Crippen molar-refractivity contribution in [3.05, 3.63) is 42.2 Å². The van der Waals surface area contributed by atoms with E-state index < -0.39 is 0 Å². The molecule has 0 N–H and O–H groups in total. The molecule has 1 aromatic heterocycles. The van der Waals surface area contributed by atoms with Crippen molar-refractivity contribution in [1.29, 1.82) is 0 Å². The molecule has 0 saturated carbocycles. The minimum atomic E-state index is -0.103. The Hall–Kier alpha value is -1.68. The third kappa shape index (κ3) is 18.8. The number of rotatable bonds is 21. The molecule has 1 aromatic rings. The minimum Gasteiger partial charge on any atom is -0.461 e. The number of carbonyl (C=O) groups is 1. The van der Waals surface area contributed by atoms with Crippen LogP contribution in [0.3, 0.4) is 0 Å². The lowest BCUT2D eigenvalue weighted by Crippen LogP contribution is -2.04. The van der Waals surface area contributed by atoms with Crippen molar-refractivity contribution in [3.63, 3.8) is 0 Å². The first-order valence-corrected chi connectivity index (χ1v) is 12.6. The van der Waals surface area contributed by atoms with Crippen molar-refractivity contribution in [2.75, 3.05) is 13.2 Å². The van der Waals surface area contributed by atoms with Crippen LogP contribution < -0.4 is 0 Å². The van der Waals surface area contributed by atoms with Crippen LogP contribution in [0.4, 0.5) is 0 Å². The van der Waals surface area contributed by atoms with Crippen molar-refractivity contribution < 1.29 is 14.3 Å². The quantitative estimate of drug-likeness (QED) is 0.114. The highest BCUT2D eigenvalue weighted by Gasteiger charge is 2.03. The van der Waals surface area contributed by atoms with Crippen LogP contribution in [0.15, 0.2) is 36.7 Å². The number of pyridine rings is 1. The number of nitrogens with zero attached hydrogens (tertiary/aromatic N) is 1. The molecule has 0 aliphatic heterocycles. The Balaban J connectivity index is 1.77. The molecule has 0 aliphatic rings. The Labute approximate surface area is 190 Å². The van der Waals surface area contributed by atoms with Crippen LogP contribution in [0.1, 0.15) is 109 Å². The van der Waals surface area contributed by atoms with E-state index in [0.717, 1.165) is 31.6 Å². The lowest BCUT2D eigenvalue weighted by atomic mass is 10.1. The van der Waals surface area contributed by atoms with Gasteiger partial charge in [0.2, 0.25) is 0 Å². The van der Waals surface area contributed by atoms with E-state index in [1.165, 1.54) is 77.0 Å². The molecular formula is C27H45NO3. The van der Waals surface area contributed by atoms with Crippen LogP contribution in [-0.2, 0) is 20.9 Å². The molecule has 1 heterocycles. The van der Waals surface area contributed by atoms with Crippen molar-refractivity contribution in [2.24, 2.45) is 0 Å². The maximum absolute atomic E-state index is 11.7. The van der Waals surface area contributed by atoms with Gasteiger partial charge in [-0.3, -0.25) is 9.78 Å². The van der Waals surface area contributed by atoms with Gasteiger partial charge in [0.1, 0.15) is 6.61 Å². The summed E-state index contributed by atoms with van der Waals surface area (Å²) in [6.07, 6.45) is 26.2. The standard InChI is InChI=1S/C27H45NO3/c1-2-30-23-18-16-14-12-10-8-6-4-3-5-7-9-11-13-15-17-21-27(29)31-25-26-20-19-22-28-24-26/h3,5,19-20,22,24H,2,4,6-18,21,23,25H2,1H3/b5-3-. The summed E-state index contributed by atoms with van der Waals surface area (Å²) in [5.74, 6) is -0.103. The number of carbonyl (C=O) groups excluding carboxylic acids is 1. The molecule has 4 nitrogen and oxygen atoms in total. The Morgan fingerprint density at radius 1 is 0.871 bits per heavy atom. The number of hydrogen-bond acceptors (Lipinski definition) is 4. The summed E-state index contributed by atoms with van der Waals surface area (Å²) in [6.45, 7) is 4.17. The third-order valence-corrected chi connectivity index (χ3v) is 5.40. The molecule has 0 aliphatic carbocycles. The second-order valence-corrected chi connectivity index (χ2v) is 8.26. The number of hydrogen-bond donors (Lipinski definition) is 0. The van der Waals surface area contributed by atoms with E-state index in [1.807, 2.05) is 12.1 Å². The zero-order valence-electron chi connectivity index (χ0n) is 19.9. The lowest BCUT2D eigenvalue weighted by molar-refractivity contribution is -0.145. The summed E-state index contributed by atoms with van der Waals surface area (Å²) in [6, 6.07) is 3.77. The van der Waals surface area contributed by atoms with Gasteiger partial charge in [-0.1, -0.05) is 69.6 Å². The largest absolute Gasteiger partial charge is 0.461 e. The van der Waals surface area contributed by atoms with Crippen LogP contribution >= 0.6 is 0 Å². The molecule has 1 rings (SSSR count). The van der Waals surface area contributed by atoms with Crippen molar-refractivity contribution in [1.82, 2.24) is 4.98 Å². The summed E-state index contributed by atoms with van der Waals surface area (Å²) in [7, 11) is 0. The predicted octanol–water partition coefficient (Wildman–Crippen LogP) is 7.57. The smallest absolute Gasteiger partial charge is 0.306 e. The fourth-order valence-electron chi connectivity index (χ4n) is 3.51. The zero-order valence-corrected chi connectivity index (χ0v) is 19.9. The first-order valence-electron chi connectivity index (χ1n) is 12.6. The Bertz CT molecular complexity index is 545. The Kier molecular flexibility index (Phi) is 19.0. The van der Waals surface area contributed by atoms with E-state index in [0.29, 0.717) is 13.0 Å². The fourth-order valence-corrected chi connectivity index (χ4v) is 3.51. The number of unbranched alkanes of at least 4 members (excludes halogenated alkanes) is 12. The highest BCUT2D eigenvalue weighted by Crippen LogP contribution is 2.11. The summed E-state index contributed by atoms with van der Waals surface area (Å²) in [5, 5.41) is 0. The molecule has 0 amide bonds. The Morgan fingerprint density at radius 2 is 1.48 bits per heavy atom. The van der Waals surface area contributed by atoms with E-state index in [4.69, 9.17) is 9.47 Å². The maximum Gasteiger partial charge on any atom is 0.306 e. The number of esters is 1. The van der Waals surface area contributed by atoms with Gasteiger partial charge in [0.05, 0.1) is 0 Å². The number of ether oxygens (including phenoxy) is 2. The van der Waals surface area contributed by atoms with Crippen LogP contribution in [0.2, 0.25) is 0 Å². The summed E-state index contributed by atoms with van der Waals surface area (Å²) >= 11 is 0. The first-order chi connectivity index (χ1) is 15.3. The zero-order chi connectivity index (χ0) is 22.2. The highest BCUT2D eigenvalue weighted by molar-refractivity contribution is 5.69. The molecule has 176 valence electrons. The maximum atomic E-state index is 11.7. The van der Waals surface area contributed by atoms with Gasteiger partial charge in [-0.15, -0.1) is 0 Å². The molecule has 0 spiro atoms. The molecule has 4 heteroatoms. The van der Waals surface area contributed by atoms with E-state index in [2.05, 4.69) is 24.1 Å². The SMILES string of the molecule is CCOCCCCCCCCC/C=C\CCCCCCCC(=O)OCc1cccnc1. The topological polar surface area (TPSA) is 48.4 Å². The minimum absolute atomic E-state index is 0.103. The first kappa shape index (κ1) is 27.4. The molecule has 0 bridgehead atoms. The summed E-state index contributed by atoms with van der Waals surface area (Å²) in [4.78, 5) is 15.8. The van der Waals surface area contributed by atoms with Gasteiger partial charge in [-0.25, -0.2) is 0 Å². The van der Waals surface area contributed by atoms with Gasteiger partial charge < -0.3 is 9.47 Å². The van der Waals surface area contributed by atoms with Gasteiger partial charge in [0, 0.05) is 37.6 Å². The summed E-state index contributed by atoms with van der Waals surface area (Å²) < 4.78 is 10.6. The van der Waals surface area contributed by atoms with E-state index in [1.54, 1.807) is 12.4 Å². The van der Waals surface area contributed by atoms with Gasteiger partial charge in [0.25, 0.3) is 0 Å². The Morgan fingerprint density at radius 3 is 2.10 bits per heavy atom. The van der Waals surface area contributed by atoms with Crippen molar-refractivity contribution in [3.8, 4) is 0 Å². The lowest BCUT2D eigenvalue weighted by Gasteiger charge is -2.04. The molecule has 0 unspecified atom stereocenters. The number of aromatic nitrogens is 1. The molecule has 0 atom stereocenters. The average Bonchev–Trinajstić information content (AvgIpc) is 2.80. The number of allylic oxidation sites excluding steroid dienone is 2. The molecule has 0 fully saturated rings. The second-order valence-electron chi connectivity index (χ2n) is 8.26. The van der Waals surface area contributed by atoms with Crippen LogP contribution in [-0.4, -0.2) is 24.2 Å². The van der Waals surface area contributed by atoms with Crippen LogP contribution in [0, 0.1) is 0 Å². The van der Waals surface area contributed by atoms with Crippen LogP contribution in [0.25, 0.3) is 0 Å². The van der Waals surface area contributed by atoms with Gasteiger partial charge in [-0.2, -0.15) is 0 Å². The van der Waals surface area contributed by atoms with Gasteiger partial charge in [-0.05, 0) is 51.5 Å². The van der Waals surface area contributed by atoms with E-state index in [-0.39, 0.29) is 5.97 Å². The molecule has 0 radical (unpaired) electrons. The molecule has 0 saturated heterocycles. The normalized spacial score (nSPS) is 11.3. The molecular weight excluding hydrogens is 386 g/mol. The predicted molar refractivity (Wildman–Crippen MR) is 129 cm³/mol. The van der Waals surface area contributed by atoms with Crippen molar-refractivity contribution in [2.45, 2.75) is 110 Å². The van der Waals surface area contributed by atoms with E-state index in [9.17, 15) is 4.79 Å². The molecule has 0 aromatic carbocycles. The monoisotopic (exact) mass is 431 g/mol. The average molecular weight is 432 g/mol. The highest BCUT2D eigenvalue weighted by atomic mass is 16.5. The second kappa shape index (κ2) is 21.5. The molecule has 31 heavy (non-hydrogen) atoms. The van der Waals surface area contributed by atoms with Crippen molar-refractivity contribution >= 4 is 5.97 Å². The van der Waals surface area contributed by atoms with Gasteiger partial charge in [0.15, 0.2) is 0 Å².